The third kappa shape index (κ3) is 9.21. The summed E-state index contributed by atoms with van der Waals surface area (Å²) in [5, 5.41) is 0. The number of rotatable bonds is 16. The molecule has 1 aromatic heterocycles. The second-order valence-corrected chi connectivity index (χ2v) is 9.72. The van der Waals surface area contributed by atoms with Crippen LogP contribution in [0.5, 0.6) is 5.75 Å². The van der Waals surface area contributed by atoms with Gasteiger partial charge < -0.3 is 9.47 Å². The molecule has 0 fully saturated rings. The Hall–Kier alpha value is -2.05. The summed E-state index contributed by atoms with van der Waals surface area (Å²) in [6.45, 7) is 13.9. The molecule has 0 bridgehead atoms. The van der Waals surface area contributed by atoms with Crippen LogP contribution in [0.15, 0.2) is 15.8 Å². The van der Waals surface area contributed by atoms with Crippen LogP contribution < -0.4 is 16.0 Å². The third-order valence-electron chi connectivity index (χ3n) is 6.08. The third-order valence-corrected chi connectivity index (χ3v) is 6.08. The monoisotopic (exact) mass is 452 g/mol. The van der Waals surface area contributed by atoms with E-state index in [1.54, 1.807) is 0 Å². The van der Waals surface area contributed by atoms with Gasteiger partial charge in [0, 0.05) is 6.54 Å². The van der Waals surface area contributed by atoms with Crippen LogP contribution in [-0.2, 0) is 16.1 Å². The lowest BCUT2D eigenvalue weighted by atomic mass is 9.73. The fourth-order valence-corrected chi connectivity index (χ4v) is 3.76. The molecule has 0 spiro atoms. The van der Waals surface area contributed by atoms with E-state index in [1.165, 1.54) is 10.8 Å². The van der Waals surface area contributed by atoms with E-state index in [2.05, 4.69) is 39.6 Å². The van der Waals surface area contributed by atoms with Crippen LogP contribution >= 0.6 is 0 Å². The van der Waals surface area contributed by atoms with Crippen molar-refractivity contribution in [3.63, 3.8) is 0 Å². The van der Waals surface area contributed by atoms with E-state index in [4.69, 9.17) is 9.47 Å². The lowest BCUT2D eigenvalue weighted by molar-refractivity contribution is -0.159. The number of aromatic nitrogens is 2. The van der Waals surface area contributed by atoms with E-state index >= 15 is 0 Å². The average Bonchev–Trinajstić information content (AvgIpc) is 2.71. The Kier molecular flexibility index (Phi) is 12.4. The summed E-state index contributed by atoms with van der Waals surface area (Å²) in [7, 11) is 0. The number of aryl methyl sites for hydroxylation is 1. The van der Waals surface area contributed by atoms with Gasteiger partial charge in [0.2, 0.25) is 5.75 Å². The van der Waals surface area contributed by atoms with E-state index in [9.17, 15) is 14.4 Å². The van der Waals surface area contributed by atoms with Gasteiger partial charge in [-0.3, -0.25) is 19.1 Å². The molecule has 0 aliphatic carbocycles. The van der Waals surface area contributed by atoms with Crippen LogP contribution in [0.1, 0.15) is 92.9 Å². The first-order chi connectivity index (χ1) is 15.1. The van der Waals surface area contributed by atoms with Crippen molar-refractivity contribution in [2.75, 3.05) is 13.2 Å². The number of esters is 1. The summed E-state index contributed by atoms with van der Waals surface area (Å²) >= 11 is 0. The van der Waals surface area contributed by atoms with Crippen LogP contribution in [0, 0.1) is 17.3 Å². The number of ether oxygens (including phenoxy) is 2. The molecular formula is C25H44N2O5. The molecule has 1 N–H and O–H groups in total. The molecule has 0 aliphatic heterocycles. The van der Waals surface area contributed by atoms with Crippen molar-refractivity contribution in [3.8, 4) is 5.75 Å². The Morgan fingerprint density at radius 1 is 1.03 bits per heavy atom. The van der Waals surface area contributed by atoms with Crippen LogP contribution in [0.25, 0.3) is 0 Å². The second-order valence-electron chi connectivity index (χ2n) is 9.72. The van der Waals surface area contributed by atoms with E-state index in [1.807, 2.05) is 6.92 Å². The number of aromatic amines is 1. The summed E-state index contributed by atoms with van der Waals surface area (Å²) in [5.74, 6) is 0.761. The number of hydrogen-bond donors (Lipinski definition) is 1. The van der Waals surface area contributed by atoms with Gasteiger partial charge in [0.05, 0.1) is 24.8 Å². The van der Waals surface area contributed by atoms with Crippen molar-refractivity contribution >= 4 is 5.97 Å². The molecular weight excluding hydrogens is 408 g/mol. The zero-order chi connectivity index (χ0) is 24.1. The van der Waals surface area contributed by atoms with Gasteiger partial charge >= 0.3 is 11.7 Å². The first-order valence-electron chi connectivity index (χ1n) is 12.3. The second kappa shape index (κ2) is 14.2. The Bertz CT molecular complexity index is 796. The first-order valence-corrected chi connectivity index (χ1v) is 12.3. The van der Waals surface area contributed by atoms with Crippen LogP contribution in [0.2, 0.25) is 0 Å². The van der Waals surface area contributed by atoms with Gasteiger partial charge in [0.15, 0.2) is 0 Å². The van der Waals surface area contributed by atoms with Crippen molar-refractivity contribution in [2.45, 2.75) is 99.5 Å². The summed E-state index contributed by atoms with van der Waals surface area (Å²) < 4.78 is 12.6. The predicted octanol–water partition coefficient (Wildman–Crippen LogP) is 4.92. The maximum absolute atomic E-state index is 12.6. The van der Waals surface area contributed by atoms with E-state index in [0.717, 1.165) is 51.4 Å². The molecule has 7 heteroatoms. The molecule has 0 aromatic carbocycles. The Morgan fingerprint density at radius 2 is 1.69 bits per heavy atom. The molecule has 7 nitrogen and oxygen atoms in total. The van der Waals surface area contributed by atoms with Gasteiger partial charge in [0.1, 0.15) is 0 Å². The topological polar surface area (TPSA) is 90.4 Å². The van der Waals surface area contributed by atoms with Crippen molar-refractivity contribution in [3.05, 3.63) is 27.0 Å². The lowest BCUT2D eigenvalue weighted by Crippen LogP contribution is -2.36. The lowest BCUT2D eigenvalue weighted by Gasteiger charge is -2.32. The van der Waals surface area contributed by atoms with Gasteiger partial charge in [0.25, 0.3) is 5.56 Å². The molecule has 32 heavy (non-hydrogen) atoms. The summed E-state index contributed by atoms with van der Waals surface area (Å²) in [4.78, 5) is 38.9. The smallest absolute Gasteiger partial charge is 0.328 e. The van der Waals surface area contributed by atoms with Gasteiger partial charge in [-0.2, -0.15) is 0 Å². The highest BCUT2D eigenvalue weighted by Gasteiger charge is 2.38. The zero-order valence-electron chi connectivity index (χ0n) is 21.0. The van der Waals surface area contributed by atoms with Gasteiger partial charge in [-0.15, -0.1) is 0 Å². The SMILES string of the molecule is CCCCCOc1cn(CCCCCCOC(=O)C(C)(CC(C)C)C(C)C)c(=O)[nH]c1=O. The Balaban J connectivity index is 2.39. The average molecular weight is 453 g/mol. The fourth-order valence-electron chi connectivity index (χ4n) is 3.76. The van der Waals surface area contributed by atoms with Gasteiger partial charge in [-0.25, -0.2) is 4.79 Å². The minimum Gasteiger partial charge on any atom is -0.487 e. The highest BCUT2D eigenvalue weighted by Crippen LogP contribution is 2.35. The molecule has 0 saturated carbocycles. The summed E-state index contributed by atoms with van der Waals surface area (Å²) in [6, 6.07) is 0. The van der Waals surface area contributed by atoms with E-state index in [-0.39, 0.29) is 17.6 Å². The maximum atomic E-state index is 12.6. The summed E-state index contributed by atoms with van der Waals surface area (Å²) in [6.07, 6.45) is 8.75. The minimum atomic E-state index is -0.476. The molecule has 0 aliphatic rings. The number of H-pyrrole nitrogens is 1. The largest absolute Gasteiger partial charge is 0.487 e. The van der Waals surface area contributed by atoms with Crippen LogP contribution in [-0.4, -0.2) is 28.7 Å². The molecule has 1 atom stereocenters. The molecule has 0 radical (unpaired) electrons. The van der Waals surface area contributed by atoms with Gasteiger partial charge in [-0.05, 0) is 50.9 Å². The van der Waals surface area contributed by atoms with Crippen LogP contribution in [0.4, 0.5) is 0 Å². The minimum absolute atomic E-state index is 0.104. The van der Waals surface area contributed by atoms with Crippen molar-refractivity contribution in [1.82, 2.24) is 9.55 Å². The number of carbonyl (C=O) groups excluding carboxylic acids is 1. The van der Waals surface area contributed by atoms with Crippen molar-refractivity contribution < 1.29 is 14.3 Å². The molecule has 184 valence electrons. The molecule has 1 heterocycles. The number of unbranched alkanes of at least 4 members (excludes halogenated alkanes) is 5. The standard InChI is InChI=1S/C25H44N2O5/c1-7-8-12-15-31-21-18-27(24(30)26-22(21)28)14-11-9-10-13-16-32-23(29)25(6,20(4)5)17-19(2)3/h18-20H,7-17H2,1-6H3,(H,26,28,30). The molecule has 1 unspecified atom stereocenters. The molecule has 0 amide bonds. The Labute approximate surface area is 192 Å². The number of nitrogens with one attached hydrogen (secondary N) is 1. The fraction of sp³-hybridized carbons (Fsp3) is 0.800. The van der Waals surface area contributed by atoms with Crippen molar-refractivity contribution in [2.24, 2.45) is 17.3 Å². The number of carbonyl (C=O) groups is 1. The number of hydrogen-bond acceptors (Lipinski definition) is 5. The normalized spacial score (nSPS) is 13.4. The van der Waals surface area contributed by atoms with E-state index < -0.39 is 16.7 Å². The zero-order valence-corrected chi connectivity index (χ0v) is 21.0. The Morgan fingerprint density at radius 3 is 2.31 bits per heavy atom. The maximum Gasteiger partial charge on any atom is 0.328 e. The quantitative estimate of drug-likeness (QED) is 0.284. The highest BCUT2D eigenvalue weighted by molar-refractivity contribution is 5.76. The highest BCUT2D eigenvalue weighted by atomic mass is 16.5. The van der Waals surface area contributed by atoms with Crippen molar-refractivity contribution in [1.29, 1.82) is 0 Å². The number of nitrogens with zero attached hydrogens (tertiary/aromatic N) is 1. The molecule has 1 rings (SSSR count). The first kappa shape index (κ1) is 28.0. The van der Waals surface area contributed by atoms with Crippen LogP contribution in [0.3, 0.4) is 0 Å². The predicted molar refractivity (Wildman–Crippen MR) is 128 cm³/mol. The molecule has 0 saturated heterocycles. The molecule has 1 aromatic rings. The summed E-state index contributed by atoms with van der Waals surface area (Å²) in [5.41, 5.74) is -1.34. The van der Waals surface area contributed by atoms with E-state index in [0.29, 0.717) is 25.7 Å². The van der Waals surface area contributed by atoms with Gasteiger partial charge in [-0.1, -0.05) is 53.9 Å².